The van der Waals surface area contributed by atoms with Gasteiger partial charge in [0, 0.05) is 26.2 Å². The summed E-state index contributed by atoms with van der Waals surface area (Å²) < 4.78 is 5.25. The summed E-state index contributed by atoms with van der Waals surface area (Å²) in [6, 6.07) is 0.0130. The lowest BCUT2D eigenvalue weighted by Crippen LogP contribution is -2.46. The summed E-state index contributed by atoms with van der Waals surface area (Å²) in [7, 11) is 5.70. The molecule has 0 aliphatic heterocycles. The van der Waals surface area contributed by atoms with Crippen molar-refractivity contribution in [2.45, 2.75) is 45.3 Å². The molecular weight excluding hydrogens is 294 g/mol. The van der Waals surface area contributed by atoms with E-state index in [2.05, 4.69) is 5.32 Å². The van der Waals surface area contributed by atoms with E-state index in [9.17, 15) is 9.59 Å². The molecule has 0 saturated heterocycles. The second-order valence-electron chi connectivity index (χ2n) is 7.40. The SMILES string of the molecule is CN(C)C/C=C/C(=O)N(C)C(CNC(=O)OC(C)(C)C)C1CC1. The fourth-order valence-electron chi connectivity index (χ4n) is 2.25. The van der Waals surface area contributed by atoms with Gasteiger partial charge in [-0.15, -0.1) is 0 Å². The predicted molar refractivity (Wildman–Crippen MR) is 91.2 cm³/mol. The van der Waals surface area contributed by atoms with Crippen LogP contribution in [0.15, 0.2) is 12.2 Å². The zero-order chi connectivity index (χ0) is 17.6. The zero-order valence-corrected chi connectivity index (χ0v) is 15.3. The van der Waals surface area contributed by atoms with Crippen LogP contribution in [-0.2, 0) is 9.53 Å². The molecule has 1 fully saturated rings. The third-order valence-corrected chi connectivity index (χ3v) is 3.60. The van der Waals surface area contributed by atoms with E-state index in [1.807, 2.05) is 45.8 Å². The van der Waals surface area contributed by atoms with Crippen LogP contribution < -0.4 is 5.32 Å². The monoisotopic (exact) mass is 325 g/mol. The maximum absolute atomic E-state index is 12.2. The molecule has 6 heteroatoms. The van der Waals surface area contributed by atoms with E-state index in [-0.39, 0.29) is 11.9 Å². The minimum absolute atomic E-state index is 0.0130. The topological polar surface area (TPSA) is 61.9 Å². The van der Waals surface area contributed by atoms with Gasteiger partial charge in [0.15, 0.2) is 0 Å². The van der Waals surface area contributed by atoms with Crippen molar-refractivity contribution in [1.29, 1.82) is 0 Å². The van der Waals surface area contributed by atoms with Crippen LogP contribution in [0.3, 0.4) is 0 Å². The van der Waals surface area contributed by atoms with Crippen LogP contribution in [0.2, 0.25) is 0 Å². The van der Waals surface area contributed by atoms with E-state index in [1.165, 1.54) is 0 Å². The highest BCUT2D eigenvalue weighted by molar-refractivity contribution is 5.87. The highest BCUT2D eigenvalue weighted by Gasteiger charge is 2.35. The van der Waals surface area contributed by atoms with Crippen molar-refractivity contribution < 1.29 is 14.3 Å². The fourth-order valence-corrected chi connectivity index (χ4v) is 2.25. The highest BCUT2D eigenvalue weighted by Crippen LogP contribution is 2.34. The molecule has 0 spiro atoms. The van der Waals surface area contributed by atoms with E-state index in [4.69, 9.17) is 4.74 Å². The van der Waals surface area contributed by atoms with Crippen LogP contribution in [0.1, 0.15) is 33.6 Å². The number of hydrogen-bond acceptors (Lipinski definition) is 4. The van der Waals surface area contributed by atoms with Crippen LogP contribution in [0, 0.1) is 5.92 Å². The van der Waals surface area contributed by atoms with Crippen molar-refractivity contribution in [3.05, 3.63) is 12.2 Å². The quantitative estimate of drug-likeness (QED) is 0.726. The molecule has 0 aromatic carbocycles. The molecule has 1 N–H and O–H groups in total. The number of rotatable bonds is 7. The maximum atomic E-state index is 12.2. The summed E-state index contributed by atoms with van der Waals surface area (Å²) in [4.78, 5) is 27.8. The number of likely N-dealkylation sites (N-methyl/N-ethyl adjacent to an activating group) is 2. The van der Waals surface area contributed by atoms with Gasteiger partial charge in [-0.3, -0.25) is 4.79 Å². The normalized spacial score (nSPS) is 16.5. The molecule has 1 atom stereocenters. The largest absolute Gasteiger partial charge is 0.444 e. The number of carbonyl (C=O) groups excluding carboxylic acids is 2. The molecule has 6 nitrogen and oxygen atoms in total. The van der Waals surface area contributed by atoms with Gasteiger partial charge in [-0.1, -0.05) is 6.08 Å². The summed E-state index contributed by atoms with van der Waals surface area (Å²) in [6.45, 7) is 6.63. The Balaban J connectivity index is 2.52. The van der Waals surface area contributed by atoms with Gasteiger partial charge in [0.2, 0.25) is 5.91 Å². The van der Waals surface area contributed by atoms with Gasteiger partial charge in [-0.05, 0) is 53.6 Å². The third-order valence-electron chi connectivity index (χ3n) is 3.60. The van der Waals surface area contributed by atoms with E-state index in [0.29, 0.717) is 12.5 Å². The summed E-state index contributed by atoms with van der Waals surface area (Å²) in [5, 5.41) is 2.78. The smallest absolute Gasteiger partial charge is 0.407 e. The summed E-state index contributed by atoms with van der Waals surface area (Å²) in [5.74, 6) is 0.427. The molecule has 1 rings (SSSR count). The zero-order valence-electron chi connectivity index (χ0n) is 15.3. The Hall–Kier alpha value is -1.56. The van der Waals surface area contributed by atoms with E-state index in [0.717, 1.165) is 19.4 Å². The number of nitrogens with zero attached hydrogens (tertiary/aromatic N) is 2. The van der Waals surface area contributed by atoms with Crippen LogP contribution in [0.4, 0.5) is 4.79 Å². The minimum Gasteiger partial charge on any atom is -0.444 e. The molecule has 0 aromatic heterocycles. The molecule has 0 radical (unpaired) electrons. The molecule has 0 aromatic rings. The molecule has 0 heterocycles. The molecule has 1 unspecified atom stereocenters. The lowest BCUT2D eigenvalue weighted by atomic mass is 10.1. The minimum atomic E-state index is -0.518. The third kappa shape index (κ3) is 8.02. The first kappa shape index (κ1) is 19.5. The van der Waals surface area contributed by atoms with E-state index in [1.54, 1.807) is 18.0 Å². The van der Waals surface area contributed by atoms with Crippen LogP contribution in [0.25, 0.3) is 0 Å². The fraction of sp³-hybridized carbons (Fsp3) is 0.765. The maximum Gasteiger partial charge on any atom is 0.407 e. The summed E-state index contributed by atoms with van der Waals surface area (Å²) in [5.41, 5.74) is -0.518. The second kappa shape index (κ2) is 8.34. The van der Waals surface area contributed by atoms with Gasteiger partial charge in [-0.25, -0.2) is 4.79 Å². The molecule has 2 amide bonds. The van der Waals surface area contributed by atoms with Gasteiger partial charge in [0.05, 0.1) is 6.04 Å². The number of hydrogen-bond donors (Lipinski definition) is 1. The van der Waals surface area contributed by atoms with Crippen molar-refractivity contribution in [3.8, 4) is 0 Å². The van der Waals surface area contributed by atoms with Gasteiger partial charge in [-0.2, -0.15) is 0 Å². The van der Waals surface area contributed by atoms with Crippen molar-refractivity contribution >= 4 is 12.0 Å². The van der Waals surface area contributed by atoms with Gasteiger partial charge in [0.25, 0.3) is 0 Å². The Labute approximate surface area is 139 Å². The summed E-state index contributed by atoms with van der Waals surface area (Å²) >= 11 is 0. The molecule has 1 saturated carbocycles. The lowest BCUT2D eigenvalue weighted by molar-refractivity contribution is -0.127. The van der Waals surface area contributed by atoms with Crippen LogP contribution in [-0.4, -0.2) is 67.7 Å². The standard InChI is InChI=1S/C17H31N3O3/c1-17(2,3)23-16(22)18-12-14(13-9-10-13)20(6)15(21)8-7-11-19(4)5/h7-8,13-14H,9-12H2,1-6H3,(H,18,22)/b8-7+. The predicted octanol–water partition coefficient (Wildman–Crippen LogP) is 1.87. The van der Waals surface area contributed by atoms with Gasteiger partial charge < -0.3 is 19.9 Å². The number of alkyl carbamates (subject to hydrolysis) is 1. The average molecular weight is 325 g/mol. The molecule has 0 bridgehead atoms. The number of carbonyl (C=O) groups is 2. The number of ether oxygens (including phenoxy) is 1. The first-order chi connectivity index (χ1) is 10.6. The van der Waals surface area contributed by atoms with Gasteiger partial charge >= 0.3 is 6.09 Å². The Morgan fingerprint density at radius 2 is 1.87 bits per heavy atom. The summed E-state index contributed by atoms with van der Waals surface area (Å²) in [6.07, 6.45) is 5.21. The van der Waals surface area contributed by atoms with Crippen LogP contribution in [0.5, 0.6) is 0 Å². The Kier molecular flexibility index (Phi) is 7.06. The first-order valence-electron chi connectivity index (χ1n) is 8.15. The molecule has 132 valence electrons. The van der Waals surface area contributed by atoms with Gasteiger partial charge in [0.1, 0.15) is 5.60 Å². The lowest BCUT2D eigenvalue weighted by Gasteiger charge is -2.28. The highest BCUT2D eigenvalue weighted by atomic mass is 16.6. The van der Waals surface area contributed by atoms with Crippen molar-refractivity contribution in [2.24, 2.45) is 5.92 Å². The van der Waals surface area contributed by atoms with E-state index < -0.39 is 11.7 Å². The molecule has 1 aliphatic rings. The molecular formula is C17H31N3O3. The van der Waals surface area contributed by atoms with Crippen molar-refractivity contribution in [1.82, 2.24) is 15.1 Å². The van der Waals surface area contributed by atoms with Crippen LogP contribution >= 0.6 is 0 Å². The number of nitrogens with one attached hydrogen (secondary N) is 1. The Bertz CT molecular complexity index is 437. The average Bonchev–Trinajstić information content (AvgIpc) is 3.20. The van der Waals surface area contributed by atoms with Crippen molar-refractivity contribution in [2.75, 3.05) is 34.2 Å². The Morgan fingerprint density at radius 3 is 2.35 bits per heavy atom. The number of amides is 2. The molecule has 1 aliphatic carbocycles. The molecule has 23 heavy (non-hydrogen) atoms. The Morgan fingerprint density at radius 1 is 1.26 bits per heavy atom. The first-order valence-corrected chi connectivity index (χ1v) is 8.15. The van der Waals surface area contributed by atoms with E-state index >= 15 is 0 Å². The second-order valence-corrected chi connectivity index (χ2v) is 7.40. The van der Waals surface area contributed by atoms with Crippen molar-refractivity contribution in [3.63, 3.8) is 0 Å².